The Morgan fingerprint density at radius 3 is 2.50 bits per heavy atom. The van der Waals surface area contributed by atoms with Gasteiger partial charge in [-0.3, -0.25) is 9.69 Å². The lowest BCUT2D eigenvalue weighted by Gasteiger charge is -2.32. The second-order valence-electron chi connectivity index (χ2n) is 6.43. The van der Waals surface area contributed by atoms with Crippen molar-refractivity contribution in [2.75, 3.05) is 32.7 Å². The van der Waals surface area contributed by atoms with Gasteiger partial charge in [-0.1, -0.05) is 20.8 Å². The average molecular weight is 283 g/mol. The van der Waals surface area contributed by atoms with Crippen molar-refractivity contribution in [2.24, 2.45) is 11.8 Å². The van der Waals surface area contributed by atoms with Gasteiger partial charge in [0.25, 0.3) is 0 Å². The monoisotopic (exact) mass is 283 g/mol. The number of likely N-dealkylation sites (N-methyl/N-ethyl adjacent to an activating group) is 1. The minimum absolute atomic E-state index is 0.0120. The molecule has 1 unspecified atom stereocenters. The lowest BCUT2D eigenvalue weighted by Crippen LogP contribution is -2.48. The Morgan fingerprint density at radius 1 is 1.30 bits per heavy atom. The molecule has 0 aromatic heterocycles. The van der Waals surface area contributed by atoms with Crippen LogP contribution in [0.4, 0.5) is 0 Å². The van der Waals surface area contributed by atoms with Crippen molar-refractivity contribution >= 4 is 5.91 Å². The van der Waals surface area contributed by atoms with Gasteiger partial charge in [0.1, 0.15) is 0 Å². The zero-order valence-electron chi connectivity index (χ0n) is 13.7. The summed E-state index contributed by atoms with van der Waals surface area (Å²) in [6, 6.07) is -0.0120. The fraction of sp³-hybridized carbons (Fsp3) is 0.938. The molecule has 0 bridgehead atoms. The van der Waals surface area contributed by atoms with Crippen molar-refractivity contribution in [2.45, 2.75) is 53.0 Å². The molecule has 118 valence electrons. The molecule has 0 aliphatic carbocycles. The number of carbonyl (C=O) groups excluding carboxylic acids is 1. The minimum atomic E-state index is -0.0120. The number of piperidine rings is 1. The van der Waals surface area contributed by atoms with Gasteiger partial charge >= 0.3 is 0 Å². The first-order chi connectivity index (χ1) is 9.54. The molecule has 1 heterocycles. The molecule has 0 radical (unpaired) electrons. The number of nitrogens with zero attached hydrogens (tertiary/aromatic N) is 1. The van der Waals surface area contributed by atoms with Crippen LogP contribution in [0.5, 0.6) is 0 Å². The zero-order valence-corrected chi connectivity index (χ0v) is 13.7. The molecule has 0 spiro atoms. The van der Waals surface area contributed by atoms with Crippen molar-refractivity contribution in [3.05, 3.63) is 0 Å². The summed E-state index contributed by atoms with van der Waals surface area (Å²) in [6.07, 6.45) is 3.52. The maximum Gasteiger partial charge on any atom is 0.237 e. The summed E-state index contributed by atoms with van der Waals surface area (Å²) in [4.78, 5) is 14.5. The Kier molecular flexibility index (Phi) is 8.15. The third-order valence-electron chi connectivity index (χ3n) is 4.31. The van der Waals surface area contributed by atoms with E-state index >= 15 is 0 Å². The largest absolute Gasteiger partial charge is 0.355 e. The highest BCUT2D eigenvalue weighted by Gasteiger charge is 2.23. The Morgan fingerprint density at radius 2 is 1.95 bits per heavy atom. The quantitative estimate of drug-likeness (QED) is 0.714. The van der Waals surface area contributed by atoms with E-state index in [9.17, 15) is 4.79 Å². The average Bonchev–Trinajstić information content (AvgIpc) is 2.44. The first-order valence-electron chi connectivity index (χ1n) is 8.27. The molecule has 1 amide bonds. The molecule has 0 saturated carbocycles. The van der Waals surface area contributed by atoms with Crippen LogP contribution in [0.1, 0.15) is 47.0 Å². The van der Waals surface area contributed by atoms with Gasteiger partial charge in [-0.15, -0.1) is 0 Å². The van der Waals surface area contributed by atoms with Crippen molar-refractivity contribution in [1.29, 1.82) is 0 Å². The number of amides is 1. The van der Waals surface area contributed by atoms with Crippen molar-refractivity contribution in [3.8, 4) is 0 Å². The van der Waals surface area contributed by atoms with Gasteiger partial charge in [0.15, 0.2) is 0 Å². The van der Waals surface area contributed by atoms with Gasteiger partial charge in [0.05, 0.1) is 6.04 Å². The molecule has 1 saturated heterocycles. The summed E-state index contributed by atoms with van der Waals surface area (Å²) >= 11 is 0. The summed E-state index contributed by atoms with van der Waals surface area (Å²) in [5.74, 6) is 1.56. The molecule has 4 heteroatoms. The molecule has 0 aromatic carbocycles. The topological polar surface area (TPSA) is 44.4 Å². The van der Waals surface area contributed by atoms with Crippen LogP contribution in [-0.2, 0) is 4.79 Å². The third kappa shape index (κ3) is 6.23. The summed E-state index contributed by atoms with van der Waals surface area (Å²) in [5, 5.41) is 6.47. The SMILES string of the molecule is CCN(CC1CCNCC1)C(C)C(=O)NCCC(C)C. The summed E-state index contributed by atoms with van der Waals surface area (Å²) in [6.45, 7) is 13.6. The van der Waals surface area contributed by atoms with E-state index in [1.807, 2.05) is 6.92 Å². The Hall–Kier alpha value is -0.610. The van der Waals surface area contributed by atoms with Crippen LogP contribution in [0.25, 0.3) is 0 Å². The highest BCUT2D eigenvalue weighted by Crippen LogP contribution is 2.15. The molecule has 1 rings (SSSR count). The first-order valence-corrected chi connectivity index (χ1v) is 8.27. The molecule has 2 N–H and O–H groups in total. The van der Waals surface area contributed by atoms with Crippen LogP contribution in [0.2, 0.25) is 0 Å². The number of carbonyl (C=O) groups is 1. The zero-order chi connectivity index (χ0) is 15.0. The maximum atomic E-state index is 12.2. The third-order valence-corrected chi connectivity index (χ3v) is 4.31. The number of nitrogens with one attached hydrogen (secondary N) is 2. The molecule has 1 aliphatic heterocycles. The van der Waals surface area contributed by atoms with Crippen molar-refractivity contribution < 1.29 is 4.79 Å². The smallest absolute Gasteiger partial charge is 0.237 e. The molecular formula is C16H33N3O. The van der Waals surface area contributed by atoms with E-state index in [2.05, 4.69) is 36.3 Å². The molecule has 20 heavy (non-hydrogen) atoms. The van der Waals surface area contributed by atoms with E-state index in [0.29, 0.717) is 5.92 Å². The molecule has 1 fully saturated rings. The van der Waals surface area contributed by atoms with Crippen LogP contribution < -0.4 is 10.6 Å². The standard InChI is InChI=1S/C16H33N3O/c1-5-19(12-15-7-9-17-10-8-15)14(4)16(20)18-11-6-13(2)3/h13-15,17H,5-12H2,1-4H3,(H,18,20). The first kappa shape index (κ1) is 17.4. The van der Waals surface area contributed by atoms with Crippen LogP contribution in [0.3, 0.4) is 0 Å². The second-order valence-corrected chi connectivity index (χ2v) is 6.43. The predicted octanol–water partition coefficient (Wildman–Crippen LogP) is 1.86. The van der Waals surface area contributed by atoms with Gasteiger partial charge in [0.2, 0.25) is 5.91 Å². The van der Waals surface area contributed by atoms with Crippen LogP contribution in [0, 0.1) is 11.8 Å². The van der Waals surface area contributed by atoms with Crippen molar-refractivity contribution in [3.63, 3.8) is 0 Å². The lowest BCUT2D eigenvalue weighted by molar-refractivity contribution is -0.126. The van der Waals surface area contributed by atoms with Crippen LogP contribution in [-0.4, -0.2) is 49.6 Å². The van der Waals surface area contributed by atoms with E-state index in [1.54, 1.807) is 0 Å². The molecule has 1 aliphatic rings. The normalized spacial score (nSPS) is 18.5. The lowest BCUT2D eigenvalue weighted by atomic mass is 9.97. The van der Waals surface area contributed by atoms with Crippen LogP contribution >= 0.6 is 0 Å². The Bertz CT molecular complexity index is 275. The van der Waals surface area contributed by atoms with Gasteiger partial charge in [0, 0.05) is 13.1 Å². The molecule has 1 atom stereocenters. The summed E-state index contributed by atoms with van der Waals surface area (Å²) < 4.78 is 0. The maximum absolute atomic E-state index is 12.2. The van der Waals surface area contributed by atoms with Gasteiger partial charge in [-0.2, -0.15) is 0 Å². The molecular weight excluding hydrogens is 250 g/mol. The van der Waals surface area contributed by atoms with E-state index in [0.717, 1.165) is 45.1 Å². The van der Waals surface area contributed by atoms with E-state index in [4.69, 9.17) is 0 Å². The highest BCUT2D eigenvalue weighted by atomic mass is 16.2. The van der Waals surface area contributed by atoms with E-state index < -0.39 is 0 Å². The fourth-order valence-electron chi connectivity index (χ4n) is 2.75. The summed E-state index contributed by atoms with van der Waals surface area (Å²) in [5.41, 5.74) is 0. The van der Waals surface area contributed by atoms with Gasteiger partial charge < -0.3 is 10.6 Å². The number of rotatable bonds is 8. The van der Waals surface area contributed by atoms with Crippen molar-refractivity contribution in [1.82, 2.24) is 15.5 Å². The van der Waals surface area contributed by atoms with E-state index in [-0.39, 0.29) is 11.9 Å². The molecule has 4 nitrogen and oxygen atoms in total. The van der Waals surface area contributed by atoms with Gasteiger partial charge in [-0.05, 0) is 57.7 Å². The van der Waals surface area contributed by atoms with Crippen LogP contribution in [0.15, 0.2) is 0 Å². The summed E-state index contributed by atoms with van der Waals surface area (Å²) in [7, 11) is 0. The number of hydrogen-bond donors (Lipinski definition) is 2. The van der Waals surface area contributed by atoms with E-state index in [1.165, 1.54) is 12.8 Å². The highest BCUT2D eigenvalue weighted by molar-refractivity contribution is 5.81. The fourth-order valence-corrected chi connectivity index (χ4v) is 2.75. The minimum Gasteiger partial charge on any atom is -0.355 e. The second kappa shape index (κ2) is 9.35. The Labute approximate surface area is 124 Å². The predicted molar refractivity (Wildman–Crippen MR) is 84.8 cm³/mol. The number of hydrogen-bond acceptors (Lipinski definition) is 3. The van der Waals surface area contributed by atoms with Gasteiger partial charge in [-0.25, -0.2) is 0 Å². The Balaban J connectivity index is 2.36. The molecule has 0 aromatic rings.